The molecule has 7 heteroatoms. The summed E-state index contributed by atoms with van der Waals surface area (Å²) in [5.41, 5.74) is 2.06. The van der Waals surface area contributed by atoms with Crippen LogP contribution in [0.1, 0.15) is 17.9 Å². The second kappa shape index (κ2) is 6.99. The van der Waals surface area contributed by atoms with Gasteiger partial charge in [0.2, 0.25) is 5.91 Å². The van der Waals surface area contributed by atoms with Crippen molar-refractivity contribution in [2.75, 3.05) is 25.7 Å². The summed E-state index contributed by atoms with van der Waals surface area (Å²) < 4.78 is 29.4. The molecular weight excluding hydrogens is 365 g/mol. The van der Waals surface area contributed by atoms with E-state index in [1.54, 1.807) is 12.1 Å². The summed E-state index contributed by atoms with van der Waals surface area (Å²) in [5.74, 6) is -0.603. The maximum Gasteiger partial charge on any atom is 0.336 e. The van der Waals surface area contributed by atoms with E-state index in [9.17, 15) is 14.0 Å². The van der Waals surface area contributed by atoms with Crippen molar-refractivity contribution >= 4 is 17.6 Å². The first-order chi connectivity index (χ1) is 13.5. The smallest absolute Gasteiger partial charge is 0.336 e. The van der Waals surface area contributed by atoms with Crippen LogP contribution in [-0.4, -0.2) is 32.7 Å². The van der Waals surface area contributed by atoms with Crippen molar-refractivity contribution < 1.29 is 28.2 Å². The van der Waals surface area contributed by atoms with Gasteiger partial charge in [-0.25, -0.2) is 9.18 Å². The van der Waals surface area contributed by atoms with E-state index in [2.05, 4.69) is 0 Å². The van der Waals surface area contributed by atoms with Crippen LogP contribution in [0.15, 0.2) is 53.7 Å². The van der Waals surface area contributed by atoms with E-state index in [1.807, 2.05) is 6.07 Å². The van der Waals surface area contributed by atoms with Gasteiger partial charge in [-0.15, -0.1) is 0 Å². The number of amides is 1. The van der Waals surface area contributed by atoms with E-state index in [4.69, 9.17) is 14.2 Å². The number of para-hydroxylation sites is 1. The fourth-order valence-corrected chi connectivity index (χ4v) is 3.80. The van der Waals surface area contributed by atoms with Crippen molar-refractivity contribution in [3.05, 3.63) is 65.1 Å². The minimum atomic E-state index is -0.515. The van der Waals surface area contributed by atoms with E-state index in [-0.39, 0.29) is 18.9 Å². The van der Waals surface area contributed by atoms with Gasteiger partial charge in [-0.05, 0) is 30.3 Å². The number of esters is 1. The molecule has 2 aliphatic heterocycles. The number of halogens is 1. The highest BCUT2D eigenvalue weighted by Crippen LogP contribution is 2.46. The Kier molecular flexibility index (Phi) is 4.50. The van der Waals surface area contributed by atoms with Crippen molar-refractivity contribution in [2.45, 2.75) is 12.3 Å². The minimum Gasteiger partial charge on any atom is -0.493 e. The molecule has 0 radical (unpaired) electrons. The molecule has 0 bridgehead atoms. The number of ether oxygens (including phenoxy) is 3. The molecule has 6 nitrogen and oxygen atoms in total. The molecule has 0 aliphatic carbocycles. The Hall–Kier alpha value is -3.35. The van der Waals surface area contributed by atoms with Gasteiger partial charge in [0.15, 0.2) is 11.5 Å². The fraction of sp³-hybridized carbons (Fsp3) is 0.238. The molecule has 0 saturated carbocycles. The molecule has 1 atom stereocenters. The molecule has 1 amide bonds. The zero-order valence-corrected chi connectivity index (χ0v) is 15.4. The zero-order chi connectivity index (χ0) is 19.8. The summed E-state index contributed by atoms with van der Waals surface area (Å²) in [4.78, 5) is 27.0. The first-order valence-corrected chi connectivity index (χ1v) is 8.74. The summed E-state index contributed by atoms with van der Waals surface area (Å²) >= 11 is 0. The normalized spacial score (nSPS) is 18.8. The van der Waals surface area contributed by atoms with Gasteiger partial charge >= 0.3 is 5.97 Å². The molecule has 2 aromatic rings. The third-order valence-corrected chi connectivity index (χ3v) is 5.01. The van der Waals surface area contributed by atoms with Crippen molar-refractivity contribution in [3.8, 4) is 11.5 Å². The second-order valence-electron chi connectivity index (χ2n) is 6.48. The summed E-state index contributed by atoms with van der Waals surface area (Å²) in [7, 11) is 3.04. The van der Waals surface area contributed by atoms with Crippen LogP contribution in [0.25, 0.3) is 0 Å². The standard InChI is InChI=1S/C21H18FNO5/c1-26-17-5-3-4-14(20(17)27-2)15-10-18(24)23(13-8-6-12(22)7-9-13)16-11-28-21(25)19(15)16/h3-9,15H,10-11H2,1-2H3/t15-/m1/s1. The first kappa shape index (κ1) is 18.0. The average Bonchev–Trinajstić information content (AvgIpc) is 3.09. The lowest BCUT2D eigenvalue weighted by Crippen LogP contribution is -2.37. The summed E-state index contributed by atoms with van der Waals surface area (Å²) in [6.07, 6.45) is 0.0504. The van der Waals surface area contributed by atoms with E-state index in [1.165, 1.54) is 43.4 Å². The molecule has 2 heterocycles. The van der Waals surface area contributed by atoms with Crippen LogP contribution < -0.4 is 14.4 Å². The van der Waals surface area contributed by atoms with Crippen LogP contribution in [-0.2, 0) is 14.3 Å². The first-order valence-electron chi connectivity index (χ1n) is 8.74. The van der Waals surface area contributed by atoms with Gasteiger partial charge < -0.3 is 14.2 Å². The maximum atomic E-state index is 13.3. The van der Waals surface area contributed by atoms with Gasteiger partial charge in [0, 0.05) is 23.6 Å². The topological polar surface area (TPSA) is 65.1 Å². The van der Waals surface area contributed by atoms with Gasteiger partial charge in [0.05, 0.1) is 25.5 Å². The number of rotatable bonds is 4. The highest BCUT2D eigenvalue weighted by molar-refractivity contribution is 6.06. The summed E-state index contributed by atoms with van der Waals surface area (Å²) in [6.45, 7) is -0.0138. The molecule has 144 valence electrons. The van der Waals surface area contributed by atoms with Crippen LogP contribution in [0.4, 0.5) is 10.1 Å². The maximum absolute atomic E-state index is 13.3. The molecule has 2 aliphatic rings. The lowest BCUT2D eigenvalue weighted by Gasteiger charge is -2.32. The number of hydrogen-bond donors (Lipinski definition) is 0. The Balaban J connectivity index is 1.85. The fourth-order valence-electron chi connectivity index (χ4n) is 3.80. The number of carbonyl (C=O) groups excluding carboxylic acids is 2. The number of nitrogens with zero attached hydrogens (tertiary/aromatic N) is 1. The molecule has 0 fully saturated rings. The van der Waals surface area contributed by atoms with E-state index in [0.717, 1.165) is 0 Å². The molecule has 2 aromatic carbocycles. The van der Waals surface area contributed by atoms with Crippen LogP contribution in [0, 0.1) is 5.82 Å². The number of anilines is 1. The van der Waals surface area contributed by atoms with Gasteiger partial charge in [-0.1, -0.05) is 12.1 Å². The summed E-state index contributed by atoms with van der Waals surface area (Å²) in [6, 6.07) is 10.9. The lowest BCUT2D eigenvalue weighted by molar-refractivity contribution is -0.136. The predicted molar refractivity (Wildman–Crippen MR) is 98.8 cm³/mol. The quantitative estimate of drug-likeness (QED) is 0.759. The van der Waals surface area contributed by atoms with Gasteiger partial charge in [0.1, 0.15) is 12.4 Å². The molecular formula is C21H18FNO5. The second-order valence-corrected chi connectivity index (χ2v) is 6.48. The molecule has 0 spiro atoms. The number of hydrogen-bond acceptors (Lipinski definition) is 5. The molecule has 0 N–H and O–H groups in total. The van der Waals surface area contributed by atoms with Gasteiger partial charge in [-0.2, -0.15) is 0 Å². The molecule has 0 unspecified atom stereocenters. The number of benzene rings is 2. The largest absolute Gasteiger partial charge is 0.493 e. The van der Waals surface area contributed by atoms with Gasteiger partial charge in [-0.3, -0.25) is 9.69 Å². The predicted octanol–water partition coefficient (Wildman–Crippen LogP) is 3.17. The third-order valence-electron chi connectivity index (χ3n) is 5.01. The Morgan fingerprint density at radius 1 is 1.07 bits per heavy atom. The van der Waals surface area contributed by atoms with Gasteiger partial charge in [0.25, 0.3) is 0 Å². The van der Waals surface area contributed by atoms with E-state index < -0.39 is 17.7 Å². The Morgan fingerprint density at radius 3 is 2.50 bits per heavy atom. The number of cyclic esters (lactones) is 1. The van der Waals surface area contributed by atoms with Crippen LogP contribution >= 0.6 is 0 Å². The number of methoxy groups -OCH3 is 2. The van der Waals surface area contributed by atoms with Crippen LogP contribution in [0.5, 0.6) is 11.5 Å². The van der Waals surface area contributed by atoms with E-state index in [0.29, 0.717) is 34.0 Å². The highest BCUT2D eigenvalue weighted by Gasteiger charge is 2.44. The van der Waals surface area contributed by atoms with Crippen LogP contribution in [0.3, 0.4) is 0 Å². The van der Waals surface area contributed by atoms with Crippen molar-refractivity contribution in [2.24, 2.45) is 0 Å². The van der Waals surface area contributed by atoms with E-state index >= 15 is 0 Å². The highest BCUT2D eigenvalue weighted by atomic mass is 19.1. The van der Waals surface area contributed by atoms with Crippen LogP contribution in [0.2, 0.25) is 0 Å². The minimum absolute atomic E-state index is 0.0138. The molecule has 4 rings (SSSR count). The Labute approximate surface area is 161 Å². The summed E-state index contributed by atoms with van der Waals surface area (Å²) in [5, 5.41) is 0. The monoisotopic (exact) mass is 383 g/mol. The SMILES string of the molecule is COc1cccc([C@H]2CC(=O)N(c3ccc(F)cc3)C3=C2C(=O)OC3)c1OC. The average molecular weight is 383 g/mol. The Morgan fingerprint density at radius 2 is 1.82 bits per heavy atom. The zero-order valence-electron chi connectivity index (χ0n) is 15.4. The van der Waals surface area contributed by atoms with Crippen molar-refractivity contribution in [1.29, 1.82) is 0 Å². The molecule has 0 aromatic heterocycles. The lowest BCUT2D eigenvalue weighted by atomic mass is 9.83. The Bertz CT molecular complexity index is 983. The van der Waals surface area contributed by atoms with Crippen molar-refractivity contribution in [1.82, 2.24) is 0 Å². The molecule has 0 saturated heterocycles. The molecule has 28 heavy (non-hydrogen) atoms. The number of carbonyl (C=O) groups is 2. The third kappa shape index (κ3) is 2.79. The van der Waals surface area contributed by atoms with Crippen molar-refractivity contribution in [3.63, 3.8) is 0 Å².